The van der Waals surface area contributed by atoms with Crippen molar-refractivity contribution >= 4 is 37.5 Å². The van der Waals surface area contributed by atoms with Crippen LogP contribution in [0.2, 0.25) is 0 Å². The lowest BCUT2D eigenvalue weighted by atomic mass is 10.2. The number of carbonyl (C=O) groups excluding carboxylic acids is 1. The summed E-state index contributed by atoms with van der Waals surface area (Å²) in [5, 5.41) is 0. The average molecular weight is 446 g/mol. The van der Waals surface area contributed by atoms with Crippen molar-refractivity contribution in [3.8, 4) is 0 Å². The maximum absolute atomic E-state index is 13.6. The number of sulfonamides is 1. The molecule has 0 spiro atoms. The van der Waals surface area contributed by atoms with Crippen LogP contribution in [-0.4, -0.2) is 36.3 Å². The predicted octanol–water partition coefficient (Wildman–Crippen LogP) is 3.55. The Labute approximate surface area is 177 Å². The molecule has 3 aromatic rings. The highest BCUT2D eigenvalue weighted by Gasteiger charge is 2.35. The Hall–Kier alpha value is -2.62. The van der Waals surface area contributed by atoms with E-state index in [1.807, 2.05) is 0 Å². The first-order valence-electron chi connectivity index (χ1n) is 9.38. The molecule has 4 rings (SSSR count). The van der Waals surface area contributed by atoms with E-state index in [9.17, 15) is 17.6 Å². The molecule has 1 aliphatic rings. The van der Waals surface area contributed by atoms with E-state index in [1.165, 1.54) is 52.0 Å². The van der Waals surface area contributed by atoms with Gasteiger partial charge < -0.3 is 4.57 Å². The van der Waals surface area contributed by atoms with Crippen LogP contribution < -0.4 is 4.80 Å². The molecule has 30 heavy (non-hydrogen) atoms. The lowest BCUT2D eigenvalue weighted by Gasteiger charge is -2.16. The largest absolute Gasteiger partial charge is 0.312 e. The molecule has 1 amide bonds. The van der Waals surface area contributed by atoms with Gasteiger partial charge in [-0.3, -0.25) is 4.79 Å². The number of amides is 1. The number of nitrogens with zero attached hydrogens (tertiary/aromatic N) is 3. The quantitative estimate of drug-likeness (QED) is 0.545. The SMILES string of the molecule is C=CCn1c(=NC(=O)c2ccc(S(=O)(=O)N(C)C3CC3)cc2)sc2cc(F)ccc21. The minimum Gasteiger partial charge on any atom is -0.312 e. The van der Waals surface area contributed by atoms with Crippen molar-refractivity contribution in [3.63, 3.8) is 0 Å². The summed E-state index contributed by atoms with van der Waals surface area (Å²) in [5.74, 6) is -0.861. The van der Waals surface area contributed by atoms with E-state index in [0.717, 1.165) is 18.4 Å². The van der Waals surface area contributed by atoms with Crippen molar-refractivity contribution in [2.75, 3.05) is 7.05 Å². The number of hydrogen-bond acceptors (Lipinski definition) is 4. The molecule has 2 aromatic carbocycles. The van der Waals surface area contributed by atoms with Gasteiger partial charge in [0.05, 0.1) is 15.1 Å². The van der Waals surface area contributed by atoms with Gasteiger partial charge in [-0.25, -0.2) is 12.8 Å². The van der Waals surface area contributed by atoms with Gasteiger partial charge in [-0.2, -0.15) is 9.30 Å². The first kappa shape index (κ1) is 20.6. The van der Waals surface area contributed by atoms with Crippen LogP contribution in [0.25, 0.3) is 10.2 Å². The van der Waals surface area contributed by atoms with Crippen molar-refractivity contribution in [2.45, 2.75) is 30.3 Å². The summed E-state index contributed by atoms with van der Waals surface area (Å²) in [7, 11) is -2.00. The summed E-state index contributed by atoms with van der Waals surface area (Å²) < 4.78 is 42.6. The Kier molecular flexibility index (Phi) is 5.44. The molecule has 0 unspecified atom stereocenters. The Balaban J connectivity index is 1.67. The van der Waals surface area contributed by atoms with E-state index in [2.05, 4.69) is 11.6 Å². The van der Waals surface area contributed by atoms with Gasteiger partial charge in [-0.05, 0) is 55.3 Å². The molecular weight excluding hydrogens is 425 g/mol. The summed E-state index contributed by atoms with van der Waals surface area (Å²) >= 11 is 1.21. The van der Waals surface area contributed by atoms with Crippen molar-refractivity contribution in [1.82, 2.24) is 8.87 Å². The number of fused-ring (bicyclic) bond motifs is 1. The Bertz CT molecular complexity index is 1300. The number of carbonyl (C=O) groups is 1. The van der Waals surface area contributed by atoms with E-state index >= 15 is 0 Å². The molecule has 156 valence electrons. The molecule has 0 aliphatic heterocycles. The van der Waals surface area contributed by atoms with Crippen LogP contribution in [0.5, 0.6) is 0 Å². The van der Waals surface area contributed by atoms with Crippen molar-refractivity contribution in [1.29, 1.82) is 0 Å². The molecule has 0 bridgehead atoms. The van der Waals surface area contributed by atoms with Crippen LogP contribution in [0.3, 0.4) is 0 Å². The molecule has 0 radical (unpaired) electrons. The summed E-state index contributed by atoms with van der Waals surface area (Å²) in [6.07, 6.45) is 3.42. The number of halogens is 1. The molecule has 6 nitrogen and oxygen atoms in total. The molecule has 9 heteroatoms. The van der Waals surface area contributed by atoms with Gasteiger partial charge in [0.15, 0.2) is 4.80 Å². The van der Waals surface area contributed by atoms with Crippen LogP contribution in [0.4, 0.5) is 4.39 Å². The zero-order valence-electron chi connectivity index (χ0n) is 16.3. The molecular formula is C21H20FN3O3S2. The monoisotopic (exact) mass is 445 g/mol. The lowest BCUT2D eigenvalue weighted by Crippen LogP contribution is -2.28. The number of thiazole rings is 1. The smallest absolute Gasteiger partial charge is 0.279 e. The van der Waals surface area contributed by atoms with Gasteiger partial charge in [0.2, 0.25) is 10.0 Å². The van der Waals surface area contributed by atoms with Crippen LogP contribution in [0.15, 0.2) is 65.0 Å². The fraction of sp³-hybridized carbons (Fsp3) is 0.238. The highest BCUT2D eigenvalue weighted by molar-refractivity contribution is 7.89. The Morgan fingerprint density at radius 2 is 2.00 bits per heavy atom. The van der Waals surface area contributed by atoms with Gasteiger partial charge >= 0.3 is 0 Å². The topological polar surface area (TPSA) is 71.7 Å². The predicted molar refractivity (Wildman–Crippen MR) is 114 cm³/mol. The Morgan fingerprint density at radius 3 is 2.63 bits per heavy atom. The normalized spacial score (nSPS) is 15.1. The van der Waals surface area contributed by atoms with Crippen molar-refractivity contribution in [3.05, 3.63) is 71.3 Å². The summed E-state index contributed by atoms with van der Waals surface area (Å²) in [6.45, 7) is 4.14. The number of benzene rings is 2. The maximum atomic E-state index is 13.6. The zero-order chi connectivity index (χ0) is 21.5. The third-order valence-corrected chi connectivity index (χ3v) is 7.96. The minimum absolute atomic E-state index is 0.0596. The molecule has 1 aliphatic carbocycles. The molecule has 0 saturated heterocycles. The number of hydrogen-bond donors (Lipinski definition) is 0. The third kappa shape index (κ3) is 3.88. The number of rotatable bonds is 6. The van der Waals surface area contributed by atoms with E-state index in [0.29, 0.717) is 16.0 Å². The average Bonchev–Trinajstić information content (AvgIpc) is 3.52. The second kappa shape index (κ2) is 7.90. The van der Waals surface area contributed by atoms with Gasteiger partial charge in [-0.15, -0.1) is 6.58 Å². The summed E-state index contributed by atoms with van der Waals surface area (Å²) in [5.41, 5.74) is 1.04. The second-order valence-corrected chi connectivity index (χ2v) is 10.1. The Morgan fingerprint density at radius 1 is 1.30 bits per heavy atom. The van der Waals surface area contributed by atoms with Crippen LogP contribution in [0.1, 0.15) is 23.2 Å². The number of aromatic nitrogens is 1. The zero-order valence-corrected chi connectivity index (χ0v) is 17.9. The highest BCUT2D eigenvalue weighted by Crippen LogP contribution is 2.30. The fourth-order valence-corrected chi connectivity index (χ4v) is 5.64. The molecule has 1 saturated carbocycles. The molecule has 1 heterocycles. The van der Waals surface area contributed by atoms with Crippen LogP contribution in [0, 0.1) is 5.82 Å². The molecule has 0 atom stereocenters. The maximum Gasteiger partial charge on any atom is 0.279 e. The number of allylic oxidation sites excluding steroid dienone is 1. The molecule has 0 N–H and O–H groups in total. The highest BCUT2D eigenvalue weighted by atomic mass is 32.2. The van der Waals surface area contributed by atoms with E-state index in [4.69, 9.17) is 0 Å². The second-order valence-electron chi connectivity index (χ2n) is 7.09. The van der Waals surface area contributed by atoms with Crippen LogP contribution in [-0.2, 0) is 16.6 Å². The summed E-state index contributed by atoms with van der Waals surface area (Å²) in [4.78, 5) is 17.5. The van der Waals surface area contributed by atoms with Gasteiger partial charge in [0, 0.05) is 25.2 Å². The first-order valence-corrected chi connectivity index (χ1v) is 11.6. The van der Waals surface area contributed by atoms with E-state index < -0.39 is 15.9 Å². The van der Waals surface area contributed by atoms with E-state index in [1.54, 1.807) is 23.8 Å². The third-order valence-electron chi connectivity index (χ3n) is 4.99. The van der Waals surface area contributed by atoms with Gasteiger partial charge in [0.25, 0.3) is 5.91 Å². The van der Waals surface area contributed by atoms with Gasteiger partial charge in [-0.1, -0.05) is 17.4 Å². The summed E-state index contributed by atoms with van der Waals surface area (Å²) in [6, 6.07) is 10.2. The van der Waals surface area contributed by atoms with Gasteiger partial charge in [0.1, 0.15) is 5.82 Å². The first-order chi connectivity index (χ1) is 14.3. The minimum atomic E-state index is -3.57. The van der Waals surface area contributed by atoms with Crippen LogP contribution >= 0.6 is 11.3 Å². The van der Waals surface area contributed by atoms with Crippen molar-refractivity contribution in [2.24, 2.45) is 4.99 Å². The molecule has 1 fully saturated rings. The molecule has 1 aromatic heterocycles. The van der Waals surface area contributed by atoms with E-state index in [-0.39, 0.29) is 22.3 Å². The standard InChI is InChI=1S/C21H20FN3O3S2/c1-3-12-25-18-11-6-15(22)13-19(18)29-21(25)23-20(26)14-4-9-17(10-5-14)30(27,28)24(2)16-7-8-16/h3-6,9-11,13,16H,1,7-8,12H2,2H3. The fourth-order valence-electron chi connectivity index (χ4n) is 3.16. The lowest BCUT2D eigenvalue weighted by molar-refractivity contribution is 0.0997. The van der Waals surface area contributed by atoms with Crippen molar-refractivity contribution < 1.29 is 17.6 Å².